The number of hydrogen-bond donors (Lipinski definition) is 1. The Labute approximate surface area is 268 Å². The number of halogens is 1. The summed E-state index contributed by atoms with van der Waals surface area (Å²) in [6.45, 7) is 6.23. The molecule has 1 aliphatic rings. The molecule has 4 heterocycles. The van der Waals surface area contributed by atoms with Crippen molar-refractivity contribution in [2.45, 2.75) is 49.8 Å². The van der Waals surface area contributed by atoms with E-state index in [0.29, 0.717) is 22.4 Å². The number of aliphatic hydroxyl groups is 1. The maximum absolute atomic E-state index is 13.4. The first-order chi connectivity index (χ1) is 19.2. The van der Waals surface area contributed by atoms with Gasteiger partial charge in [0.15, 0.2) is 5.65 Å². The zero-order chi connectivity index (χ0) is 28.5. The molecule has 1 fully saturated rings. The van der Waals surface area contributed by atoms with Gasteiger partial charge in [0.2, 0.25) is 0 Å². The van der Waals surface area contributed by atoms with Crippen LogP contribution in [0, 0.1) is 0 Å². The summed E-state index contributed by atoms with van der Waals surface area (Å²) < 4.78 is 30.2. The molecule has 0 atom stereocenters. The van der Waals surface area contributed by atoms with Crippen molar-refractivity contribution in [1.29, 1.82) is 0 Å². The van der Waals surface area contributed by atoms with Gasteiger partial charge in [-0.15, -0.1) is 0 Å². The number of hydrogen-bond acceptors (Lipinski definition) is 6. The molecule has 0 saturated carbocycles. The second-order valence-electron chi connectivity index (χ2n) is 10.5. The van der Waals surface area contributed by atoms with Gasteiger partial charge in [-0.1, -0.05) is 64.5 Å². The number of pyridine rings is 1. The number of alkyl halides is 1. The molecule has 3 aromatic heterocycles. The van der Waals surface area contributed by atoms with E-state index in [4.69, 9.17) is 4.98 Å². The topological polar surface area (TPSA) is 93.3 Å². The predicted octanol–water partition coefficient (Wildman–Crippen LogP) is 5.54. The Hall–Kier alpha value is -2.28. The molecule has 41 heavy (non-hydrogen) atoms. The molecule has 0 spiro atoms. The smallest absolute Gasteiger partial charge is 1.00 e. The molecule has 0 unspecified atom stereocenters. The van der Waals surface area contributed by atoms with Crippen LogP contribution in [0.2, 0.25) is 0 Å². The van der Waals surface area contributed by atoms with E-state index in [9.17, 15) is 13.5 Å². The summed E-state index contributed by atoms with van der Waals surface area (Å²) in [5.41, 5.74) is 1.94. The molecule has 1 saturated heterocycles. The van der Waals surface area contributed by atoms with E-state index in [1.807, 2.05) is 11.9 Å². The zero-order valence-corrected chi connectivity index (χ0v) is 27.4. The van der Waals surface area contributed by atoms with Crippen LogP contribution in [0.5, 0.6) is 0 Å². The first kappa shape index (κ1) is 31.6. The number of likely N-dealkylation sites (tertiary alicyclic amines) is 1. The van der Waals surface area contributed by atoms with Gasteiger partial charge >= 0.3 is 23.1 Å². The average Bonchev–Trinajstić information content (AvgIpc) is 3.58. The van der Waals surface area contributed by atoms with Crippen molar-refractivity contribution >= 4 is 71.1 Å². The summed E-state index contributed by atoms with van der Waals surface area (Å²) in [7, 11) is -3.82. The normalized spacial score (nSPS) is 15.0. The van der Waals surface area contributed by atoms with Crippen LogP contribution in [0.4, 0.5) is 0 Å². The van der Waals surface area contributed by atoms with Gasteiger partial charge in [0.05, 0.1) is 16.6 Å². The second kappa shape index (κ2) is 12.9. The standard InChI is InChI=1S/C29H31N5O3S.CH3Br.Mg.2H/c1-29(2,35)28-31-25-19-30-27-24(15-18-33(27)38(36,37)23-11-7-4-8-12-23)26(25)34(28)22-13-16-32(17-14-22)20-21-9-5-3-6-10-21;1-2;;;/h3-12,15,18-19,22,35H,13-14,16-17,20H2,1-2H3;1H3;;;/q;;+2;2*-1. The third-order valence-electron chi connectivity index (χ3n) is 7.35. The van der Waals surface area contributed by atoms with Crippen LogP contribution in [0.15, 0.2) is 84.0 Å². The second-order valence-corrected chi connectivity index (χ2v) is 12.3. The van der Waals surface area contributed by atoms with Gasteiger partial charge in [-0.2, -0.15) is 0 Å². The number of fused-ring (bicyclic) bond motifs is 3. The Morgan fingerprint density at radius 1 is 1.00 bits per heavy atom. The fraction of sp³-hybridized carbons (Fsp3) is 0.333. The van der Waals surface area contributed by atoms with Gasteiger partial charge in [0.25, 0.3) is 10.0 Å². The van der Waals surface area contributed by atoms with Crippen molar-refractivity contribution in [1.82, 2.24) is 23.4 Å². The summed E-state index contributed by atoms with van der Waals surface area (Å²) in [5.74, 6) is 2.38. The van der Waals surface area contributed by atoms with Crippen LogP contribution < -0.4 is 0 Å². The van der Waals surface area contributed by atoms with E-state index in [1.54, 1.807) is 62.6 Å². The summed E-state index contributed by atoms with van der Waals surface area (Å²) in [5, 5.41) is 11.8. The molecule has 0 bridgehead atoms. The number of piperidine rings is 1. The van der Waals surface area contributed by atoms with Crippen LogP contribution in [-0.4, -0.2) is 78.9 Å². The number of benzene rings is 2. The van der Waals surface area contributed by atoms with Crippen LogP contribution in [0.3, 0.4) is 0 Å². The molecule has 0 radical (unpaired) electrons. The summed E-state index contributed by atoms with van der Waals surface area (Å²) >= 11 is 2.94. The van der Waals surface area contributed by atoms with Crippen molar-refractivity contribution in [2.24, 2.45) is 0 Å². The Morgan fingerprint density at radius 3 is 2.22 bits per heavy atom. The molecular formula is C30H36BrMgN5O3S. The minimum absolute atomic E-state index is 0. The summed E-state index contributed by atoms with van der Waals surface area (Å²) in [6.07, 6.45) is 4.97. The van der Waals surface area contributed by atoms with Crippen LogP contribution in [-0.2, 0) is 22.2 Å². The Morgan fingerprint density at radius 2 is 1.61 bits per heavy atom. The van der Waals surface area contributed by atoms with Crippen LogP contribution >= 0.6 is 15.9 Å². The van der Waals surface area contributed by atoms with Gasteiger partial charge in [-0.3, -0.25) is 4.90 Å². The minimum atomic E-state index is -3.82. The van der Waals surface area contributed by atoms with Gasteiger partial charge in [0, 0.05) is 37.3 Å². The molecule has 0 aliphatic carbocycles. The van der Waals surface area contributed by atoms with E-state index in [0.717, 1.165) is 38.0 Å². The van der Waals surface area contributed by atoms with Gasteiger partial charge in [-0.25, -0.2) is 22.4 Å². The first-order valence-corrected chi connectivity index (χ1v) is 16.3. The van der Waals surface area contributed by atoms with E-state index in [-0.39, 0.29) is 36.8 Å². The van der Waals surface area contributed by atoms with Gasteiger partial charge in [-0.05, 0) is 56.3 Å². The molecule has 5 aromatic rings. The molecule has 1 N–H and O–H groups in total. The van der Waals surface area contributed by atoms with Crippen LogP contribution in [0.25, 0.3) is 22.1 Å². The molecule has 6 rings (SSSR count). The van der Waals surface area contributed by atoms with E-state index in [2.05, 4.69) is 54.6 Å². The fourth-order valence-electron chi connectivity index (χ4n) is 5.51. The van der Waals surface area contributed by atoms with Crippen molar-refractivity contribution in [3.05, 3.63) is 90.5 Å². The summed E-state index contributed by atoms with van der Waals surface area (Å²) in [6, 6.07) is 20.8. The van der Waals surface area contributed by atoms with Crippen molar-refractivity contribution in [3.63, 3.8) is 0 Å². The van der Waals surface area contributed by atoms with Gasteiger partial charge < -0.3 is 12.5 Å². The quantitative estimate of drug-likeness (QED) is 0.192. The molecule has 8 nitrogen and oxygen atoms in total. The zero-order valence-electron chi connectivity index (χ0n) is 25.6. The molecule has 11 heteroatoms. The number of imidazole rings is 1. The third kappa shape index (κ3) is 6.25. The Balaban J connectivity index is 0.00000126. The Bertz CT molecular complexity index is 1720. The van der Waals surface area contributed by atoms with Crippen molar-refractivity contribution < 1.29 is 16.4 Å². The fourth-order valence-corrected chi connectivity index (χ4v) is 6.83. The van der Waals surface area contributed by atoms with Crippen LogP contribution in [0.1, 0.15) is 47.0 Å². The molecule has 0 amide bonds. The Kier molecular flexibility index (Phi) is 9.98. The van der Waals surface area contributed by atoms with E-state index in [1.165, 1.54) is 9.54 Å². The minimum Gasteiger partial charge on any atom is -1.00 e. The number of rotatable bonds is 6. The van der Waals surface area contributed by atoms with Gasteiger partial charge in [0.1, 0.15) is 16.9 Å². The SMILES string of the molecule is CBr.CC(C)(O)c1nc2cnc3c(ccn3S(=O)(=O)c3ccccc3)c2n1C1CCN(Cc2ccccc2)CC1.[H-].[H-].[Mg+2]. The number of nitrogens with zero attached hydrogens (tertiary/aromatic N) is 5. The monoisotopic (exact) mass is 649 g/mol. The third-order valence-corrected chi connectivity index (χ3v) is 9.03. The largest absolute Gasteiger partial charge is 2.00 e. The molecule has 214 valence electrons. The molecule has 2 aromatic carbocycles. The first-order valence-electron chi connectivity index (χ1n) is 13.3. The predicted molar refractivity (Wildman–Crippen MR) is 170 cm³/mol. The molecular weight excluding hydrogens is 615 g/mol. The average molecular weight is 651 g/mol. The molecule has 1 aliphatic heterocycles. The van der Waals surface area contributed by atoms with Crippen molar-refractivity contribution in [2.75, 3.05) is 18.9 Å². The van der Waals surface area contributed by atoms with Crippen molar-refractivity contribution in [3.8, 4) is 0 Å². The van der Waals surface area contributed by atoms with E-state index >= 15 is 0 Å². The van der Waals surface area contributed by atoms with E-state index < -0.39 is 15.6 Å². The maximum Gasteiger partial charge on any atom is 2.00 e. The summed E-state index contributed by atoms with van der Waals surface area (Å²) in [4.78, 5) is 12.0. The number of aromatic nitrogens is 4. The maximum atomic E-state index is 13.4.